The SMILES string of the molecule is CCOC(=O)N1CCC(NC(N)=NCCC2CCCCO2)CC1. The minimum atomic E-state index is -0.222. The number of rotatable bonds is 5. The van der Waals surface area contributed by atoms with Crippen molar-refractivity contribution in [3.63, 3.8) is 0 Å². The number of nitrogens with one attached hydrogen (secondary N) is 1. The third kappa shape index (κ3) is 6.25. The minimum Gasteiger partial charge on any atom is -0.450 e. The van der Waals surface area contributed by atoms with Gasteiger partial charge in [-0.3, -0.25) is 4.99 Å². The van der Waals surface area contributed by atoms with Crippen molar-refractivity contribution < 1.29 is 14.3 Å². The summed E-state index contributed by atoms with van der Waals surface area (Å²) in [4.78, 5) is 17.8. The highest BCUT2D eigenvalue weighted by molar-refractivity contribution is 5.78. The van der Waals surface area contributed by atoms with Gasteiger partial charge in [-0.2, -0.15) is 0 Å². The Balaban J connectivity index is 1.62. The summed E-state index contributed by atoms with van der Waals surface area (Å²) in [7, 11) is 0. The zero-order valence-electron chi connectivity index (χ0n) is 14.1. The topological polar surface area (TPSA) is 89.2 Å². The Morgan fingerprint density at radius 1 is 1.35 bits per heavy atom. The first-order valence-corrected chi connectivity index (χ1v) is 8.78. The molecule has 2 aliphatic heterocycles. The molecule has 7 heteroatoms. The van der Waals surface area contributed by atoms with Crippen LogP contribution < -0.4 is 11.1 Å². The molecule has 2 saturated heterocycles. The number of carbonyl (C=O) groups excluding carboxylic acids is 1. The molecule has 0 aromatic rings. The molecule has 0 spiro atoms. The number of amides is 1. The Bertz CT molecular complexity index is 389. The van der Waals surface area contributed by atoms with Crippen LogP contribution in [-0.2, 0) is 9.47 Å². The average molecular weight is 326 g/mol. The van der Waals surface area contributed by atoms with Gasteiger partial charge >= 0.3 is 6.09 Å². The maximum Gasteiger partial charge on any atom is 0.409 e. The lowest BCUT2D eigenvalue weighted by molar-refractivity contribution is 0.0129. The third-order valence-electron chi connectivity index (χ3n) is 4.38. The zero-order chi connectivity index (χ0) is 16.5. The van der Waals surface area contributed by atoms with E-state index in [1.54, 1.807) is 4.90 Å². The second-order valence-electron chi connectivity index (χ2n) is 6.15. The molecule has 1 unspecified atom stereocenters. The zero-order valence-corrected chi connectivity index (χ0v) is 14.1. The van der Waals surface area contributed by atoms with Crippen molar-refractivity contribution in [3.8, 4) is 0 Å². The summed E-state index contributed by atoms with van der Waals surface area (Å²) in [5.41, 5.74) is 5.96. The molecule has 2 rings (SSSR count). The molecule has 0 aromatic carbocycles. The summed E-state index contributed by atoms with van der Waals surface area (Å²) in [6, 6.07) is 0.273. The smallest absolute Gasteiger partial charge is 0.409 e. The molecule has 0 aliphatic carbocycles. The molecule has 23 heavy (non-hydrogen) atoms. The number of ether oxygens (including phenoxy) is 2. The van der Waals surface area contributed by atoms with E-state index < -0.39 is 0 Å². The predicted molar refractivity (Wildman–Crippen MR) is 89.5 cm³/mol. The Hall–Kier alpha value is -1.50. The fourth-order valence-corrected chi connectivity index (χ4v) is 3.04. The van der Waals surface area contributed by atoms with Crippen LogP contribution in [0.4, 0.5) is 4.79 Å². The van der Waals surface area contributed by atoms with Gasteiger partial charge in [-0.25, -0.2) is 4.79 Å². The second kappa shape index (κ2) is 9.60. The first-order valence-electron chi connectivity index (χ1n) is 8.78. The molecule has 2 fully saturated rings. The quantitative estimate of drug-likeness (QED) is 0.590. The average Bonchev–Trinajstić information content (AvgIpc) is 2.57. The Labute approximate surface area is 138 Å². The highest BCUT2D eigenvalue weighted by atomic mass is 16.6. The first-order chi connectivity index (χ1) is 11.2. The van der Waals surface area contributed by atoms with Gasteiger partial charge in [0.05, 0.1) is 12.7 Å². The summed E-state index contributed by atoms with van der Waals surface area (Å²) in [5, 5.41) is 3.26. The van der Waals surface area contributed by atoms with Gasteiger partial charge in [-0.15, -0.1) is 0 Å². The molecule has 2 heterocycles. The fraction of sp³-hybridized carbons (Fsp3) is 0.875. The molecule has 0 bridgehead atoms. The molecule has 2 aliphatic rings. The van der Waals surface area contributed by atoms with Crippen molar-refractivity contribution in [2.45, 2.75) is 57.6 Å². The predicted octanol–water partition coefficient (Wildman–Crippen LogP) is 1.47. The van der Waals surface area contributed by atoms with Crippen molar-refractivity contribution in [1.29, 1.82) is 0 Å². The summed E-state index contributed by atoms with van der Waals surface area (Å²) >= 11 is 0. The van der Waals surface area contributed by atoms with Crippen LogP contribution in [0.25, 0.3) is 0 Å². The summed E-state index contributed by atoms with van der Waals surface area (Å²) in [6.45, 7) is 5.20. The van der Waals surface area contributed by atoms with E-state index in [0.717, 1.165) is 32.3 Å². The van der Waals surface area contributed by atoms with E-state index in [-0.39, 0.29) is 12.1 Å². The summed E-state index contributed by atoms with van der Waals surface area (Å²) < 4.78 is 10.7. The van der Waals surface area contributed by atoms with Crippen LogP contribution in [0, 0.1) is 0 Å². The van der Waals surface area contributed by atoms with Crippen LogP contribution in [0.3, 0.4) is 0 Å². The Kier molecular flexibility index (Phi) is 7.45. The lowest BCUT2D eigenvalue weighted by Crippen LogP contribution is -2.48. The summed E-state index contributed by atoms with van der Waals surface area (Å²) in [6.07, 6.45) is 6.34. The number of nitrogens with two attached hydrogens (primary N) is 1. The molecular weight excluding hydrogens is 296 g/mol. The maximum absolute atomic E-state index is 11.6. The molecule has 0 saturated carbocycles. The van der Waals surface area contributed by atoms with Crippen LogP contribution >= 0.6 is 0 Å². The van der Waals surface area contributed by atoms with E-state index in [1.165, 1.54) is 12.8 Å². The number of piperidine rings is 1. The van der Waals surface area contributed by atoms with Crippen LogP contribution in [0.15, 0.2) is 4.99 Å². The van der Waals surface area contributed by atoms with Crippen molar-refractivity contribution in [3.05, 3.63) is 0 Å². The van der Waals surface area contributed by atoms with E-state index in [4.69, 9.17) is 15.2 Å². The minimum absolute atomic E-state index is 0.222. The van der Waals surface area contributed by atoms with Crippen molar-refractivity contribution in [2.75, 3.05) is 32.8 Å². The van der Waals surface area contributed by atoms with Gasteiger partial charge in [0.25, 0.3) is 0 Å². The molecule has 0 aromatic heterocycles. The van der Waals surface area contributed by atoms with E-state index in [1.807, 2.05) is 6.92 Å². The van der Waals surface area contributed by atoms with Crippen LogP contribution in [0.5, 0.6) is 0 Å². The van der Waals surface area contributed by atoms with Crippen molar-refractivity contribution in [1.82, 2.24) is 10.2 Å². The van der Waals surface area contributed by atoms with Gasteiger partial charge in [0.2, 0.25) is 0 Å². The number of aliphatic imine (C=N–C) groups is 1. The maximum atomic E-state index is 11.6. The van der Waals surface area contributed by atoms with Gasteiger partial charge in [-0.1, -0.05) is 0 Å². The first kappa shape index (κ1) is 17.8. The second-order valence-corrected chi connectivity index (χ2v) is 6.15. The van der Waals surface area contributed by atoms with E-state index >= 15 is 0 Å². The van der Waals surface area contributed by atoms with Gasteiger partial charge < -0.3 is 25.4 Å². The Morgan fingerprint density at radius 2 is 2.13 bits per heavy atom. The number of hydrogen-bond donors (Lipinski definition) is 2. The molecule has 1 amide bonds. The lowest BCUT2D eigenvalue weighted by Gasteiger charge is -2.31. The monoisotopic (exact) mass is 326 g/mol. The molecule has 0 radical (unpaired) electrons. The van der Waals surface area contributed by atoms with Gasteiger partial charge in [-0.05, 0) is 45.4 Å². The van der Waals surface area contributed by atoms with Gasteiger partial charge in [0.1, 0.15) is 0 Å². The lowest BCUT2D eigenvalue weighted by atomic mass is 10.1. The van der Waals surface area contributed by atoms with Gasteiger partial charge in [0.15, 0.2) is 5.96 Å². The normalized spacial score (nSPS) is 23.6. The number of carbonyl (C=O) groups is 1. The van der Waals surface area contributed by atoms with Crippen LogP contribution in [-0.4, -0.2) is 61.9 Å². The highest BCUT2D eigenvalue weighted by Gasteiger charge is 2.23. The molecule has 1 atom stereocenters. The molecule has 3 N–H and O–H groups in total. The van der Waals surface area contributed by atoms with Crippen LogP contribution in [0.1, 0.15) is 45.4 Å². The number of guanidine groups is 1. The van der Waals surface area contributed by atoms with Crippen molar-refractivity contribution in [2.24, 2.45) is 10.7 Å². The van der Waals surface area contributed by atoms with E-state index in [9.17, 15) is 4.79 Å². The van der Waals surface area contributed by atoms with Crippen LogP contribution in [0.2, 0.25) is 0 Å². The van der Waals surface area contributed by atoms with E-state index in [2.05, 4.69) is 10.3 Å². The number of hydrogen-bond acceptors (Lipinski definition) is 4. The standard InChI is InChI=1S/C16H30N4O3/c1-2-22-16(21)20-10-7-13(8-11-20)19-15(17)18-9-6-14-5-3-4-12-23-14/h13-14H,2-12H2,1H3,(H3,17,18,19). The van der Waals surface area contributed by atoms with Crippen molar-refractivity contribution >= 4 is 12.1 Å². The highest BCUT2D eigenvalue weighted by Crippen LogP contribution is 2.15. The van der Waals surface area contributed by atoms with E-state index in [0.29, 0.717) is 38.3 Å². The van der Waals surface area contributed by atoms with Gasteiger partial charge in [0, 0.05) is 32.3 Å². The number of nitrogens with zero attached hydrogens (tertiary/aromatic N) is 2. The fourth-order valence-electron chi connectivity index (χ4n) is 3.04. The molecule has 7 nitrogen and oxygen atoms in total. The third-order valence-corrected chi connectivity index (χ3v) is 4.38. The summed E-state index contributed by atoms with van der Waals surface area (Å²) in [5.74, 6) is 0.496. The number of likely N-dealkylation sites (tertiary alicyclic amines) is 1. The molecular formula is C16H30N4O3. The molecule has 132 valence electrons. The Morgan fingerprint density at radius 3 is 2.78 bits per heavy atom. The largest absolute Gasteiger partial charge is 0.450 e.